The summed E-state index contributed by atoms with van der Waals surface area (Å²) in [6.45, 7) is 0. The molecule has 5 nitrogen and oxygen atoms in total. The summed E-state index contributed by atoms with van der Waals surface area (Å²) in [5, 5.41) is 17.5. The first-order valence-electron chi connectivity index (χ1n) is 5.96. The van der Waals surface area contributed by atoms with Crippen LogP contribution in [-0.2, 0) is 6.42 Å². The van der Waals surface area contributed by atoms with E-state index in [2.05, 4.69) is 9.97 Å². The average Bonchev–Trinajstić information content (AvgIpc) is 2.92. The summed E-state index contributed by atoms with van der Waals surface area (Å²) in [6.07, 6.45) is -4.93. The number of hydrogen-bond acceptors (Lipinski definition) is 5. The third-order valence-electron chi connectivity index (χ3n) is 2.73. The molecule has 110 valence electrons. The number of pyridine rings is 1. The van der Waals surface area contributed by atoms with Crippen LogP contribution in [0.1, 0.15) is 18.0 Å². The van der Waals surface area contributed by atoms with E-state index in [9.17, 15) is 13.2 Å². The van der Waals surface area contributed by atoms with Crippen molar-refractivity contribution in [1.82, 2.24) is 9.97 Å². The van der Waals surface area contributed by atoms with E-state index < -0.39 is 18.7 Å². The van der Waals surface area contributed by atoms with Crippen LogP contribution in [0.4, 0.5) is 13.2 Å². The first kappa shape index (κ1) is 15.0. The van der Waals surface area contributed by atoms with Crippen LogP contribution in [0.2, 0.25) is 0 Å². The summed E-state index contributed by atoms with van der Waals surface area (Å²) in [4.78, 5) is 7.70. The molecule has 0 bridgehead atoms. The van der Waals surface area contributed by atoms with E-state index in [0.717, 1.165) is 0 Å². The van der Waals surface area contributed by atoms with Gasteiger partial charge in [-0.3, -0.25) is 0 Å². The van der Waals surface area contributed by atoms with Gasteiger partial charge in [0.25, 0.3) is 0 Å². The van der Waals surface area contributed by atoms with Gasteiger partial charge in [0.1, 0.15) is 17.9 Å². The van der Waals surface area contributed by atoms with Crippen LogP contribution in [0.3, 0.4) is 0 Å². The van der Waals surface area contributed by atoms with Gasteiger partial charge in [-0.05, 0) is 18.6 Å². The maximum Gasteiger partial charge on any atom is 0.414 e. The van der Waals surface area contributed by atoms with Gasteiger partial charge in [0.15, 0.2) is 11.7 Å². The second-order valence-electron chi connectivity index (χ2n) is 4.26. The Bertz CT molecular complexity index is 644. The predicted octanol–water partition coefficient (Wildman–Crippen LogP) is 2.46. The summed E-state index contributed by atoms with van der Waals surface area (Å²) in [5.41, 5.74) is 0.802. The van der Waals surface area contributed by atoms with Gasteiger partial charge in [-0.2, -0.15) is 18.4 Å². The molecule has 0 amide bonds. The normalized spacial score (nSPS) is 12.9. The van der Waals surface area contributed by atoms with Crippen LogP contribution in [0.25, 0.3) is 11.3 Å². The smallest absolute Gasteiger partial charge is 0.414 e. The van der Waals surface area contributed by atoms with Crippen LogP contribution < -0.4 is 0 Å². The van der Waals surface area contributed by atoms with Crippen molar-refractivity contribution < 1.29 is 22.7 Å². The van der Waals surface area contributed by atoms with Gasteiger partial charge < -0.3 is 9.52 Å². The van der Waals surface area contributed by atoms with Crippen molar-refractivity contribution in [2.45, 2.75) is 25.1 Å². The molecular formula is C13H10F3N3O2. The highest BCUT2D eigenvalue weighted by atomic mass is 19.4. The quantitative estimate of drug-likeness (QED) is 0.937. The average molecular weight is 297 g/mol. The topological polar surface area (TPSA) is 82.9 Å². The number of alkyl halides is 3. The van der Waals surface area contributed by atoms with Gasteiger partial charge in [0, 0.05) is 18.2 Å². The molecule has 21 heavy (non-hydrogen) atoms. The number of aromatic nitrogens is 2. The number of nitriles is 1. The number of rotatable bonds is 4. The number of nitrogens with zero attached hydrogens (tertiary/aromatic N) is 3. The summed E-state index contributed by atoms with van der Waals surface area (Å²) in [7, 11) is 0. The monoisotopic (exact) mass is 297 g/mol. The maximum atomic E-state index is 12.2. The van der Waals surface area contributed by atoms with Gasteiger partial charge in [-0.25, -0.2) is 9.97 Å². The lowest BCUT2D eigenvalue weighted by Crippen LogP contribution is -2.28. The third kappa shape index (κ3) is 3.79. The van der Waals surface area contributed by atoms with Crippen molar-refractivity contribution in [3.8, 4) is 17.4 Å². The molecule has 0 radical (unpaired) electrons. The van der Waals surface area contributed by atoms with E-state index in [-0.39, 0.29) is 18.0 Å². The number of hydrogen-bond donors (Lipinski definition) is 1. The predicted molar refractivity (Wildman–Crippen MR) is 64.8 cm³/mol. The molecule has 0 aliphatic heterocycles. The molecule has 1 N–H and O–H groups in total. The molecule has 0 aliphatic rings. The molecule has 0 aromatic carbocycles. The summed E-state index contributed by atoms with van der Waals surface area (Å²) in [5.74, 6) is 0.432. The Hall–Kier alpha value is -2.40. The van der Waals surface area contributed by atoms with E-state index >= 15 is 0 Å². The van der Waals surface area contributed by atoms with Crippen LogP contribution >= 0.6 is 0 Å². The van der Waals surface area contributed by atoms with Gasteiger partial charge in [0.05, 0.1) is 6.20 Å². The lowest BCUT2D eigenvalue weighted by Gasteiger charge is -2.12. The number of halogens is 3. The van der Waals surface area contributed by atoms with E-state index in [0.29, 0.717) is 11.3 Å². The highest BCUT2D eigenvalue weighted by Gasteiger charge is 2.37. The molecule has 2 rings (SSSR count). The molecule has 2 heterocycles. The van der Waals surface area contributed by atoms with Crippen LogP contribution in [0.15, 0.2) is 28.9 Å². The molecular weight excluding hydrogens is 287 g/mol. The van der Waals surface area contributed by atoms with Crippen molar-refractivity contribution in [3.05, 3.63) is 36.1 Å². The van der Waals surface area contributed by atoms with Crippen LogP contribution in [0, 0.1) is 11.3 Å². The standard InChI is InChI=1S/C13H10F3N3O2/c14-13(15,16)11(20)3-4-12-19-7-10(21-12)8-1-2-9(5-17)18-6-8/h1-2,6-7,11,20H,3-4H2. The first-order valence-corrected chi connectivity index (χ1v) is 5.96. The van der Waals surface area contributed by atoms with Crippen molar-refractivity contribution in [2.24, 2.45) is 0 Å². The molecule has 2 aromatic rings. The highest BCUT2D eigenvalue weighted by Crippen LogP contribution is 2.25. The fourth-order valence-corrected chi connectivity index (χ4v) is 1.59. The van der Waals surface area contributed by atoms with E-state index in [4.69, 9.17) is 14.8 Å². The van der Waals surface area contributed by atoms with Gasteiger partial charge >= 0.3 is 6.18 Å². The van der Waals surface area contributed by atoms with Crippen LogP contribution in [0.5, 0.6) is 0 Å². The number of aliphatic hydroxyl groups excluding tert-OH is 1. The molecule has 2 aromatic heterocycles. The maximum absolute atomic E-state index is 12.2. The number of oxazole rings is 1. The van der Waals surface area contributed by atoms with Crippen molar-refractivity contribution in [1.29, 1.82) is 5.26 Å². The van der Waals surface area contributed by atoms with Crippen molar-refractivity contribution in [3.63, 3.8) is 0 Å². The lowest BCUT2D eigenvalue weighted by molar-refractivity contribution is -0.205. The first-order chi connectivity index (χ1) is 9.90. The minimum absolute atomic E-state index is 0.0951. The largest absolute Gasteiger partial charge is 0.441 e. The van der Waals surface area contributed by atoms with Gasteiger partial charge in [0.2, 0.25) is 0 Å². The summed E-state index contributed by atoms with van der Waals surface area (Å²) >= 11 is 0. The minimum Gasteiger partial charge on any atom is -0.441 e. The highest BCUT2D eigenvalue weighted by molar-refractivity contribution is 5.55. The Morgan fingerprint density at radius 2 is 2.05 bits per heavy atom. The van der Waals surface area contributed by atoms with Crippen molar-refractivity contribution >= 4 is 0 Å². The minimum atomic E-state index is -4.65. The van der Waals surface area contributed by atoms with Gasteiger partial charge in [-0.15, -0.1) is 0 Å². The van der Waals surface area contributed by atoms with Crippen LogP contribution in [-0.4, -0.2) is 27.4 Å². The molecule has 0 saturated heterocycles. The Morgan fingerprint density at radius 3 is 2.62 bits per heavy atom. The molecule has 0 saturated carbocycles. The summed E-state index contributed by atoms with van der Waals surface area (Å²) < 4.78 is 41.8. The van der Waals surface area contributed by atoms with Crippen molar-refractivity contribution in [2.75, 3.05) is 0 Å². The molecule has 0 aliphatic carbocycles. The molecule has 8 heteroatoms. The third-order valence-corrected chi connectivity index (χ3v) is 2.73. The van der Waals surface area contributed by atoms with E-state index in [1.807, 2.05) is 6.07 Å². The Labute approximate surface area is 117 Å². The lowest BCUT2D eigenvalue weighted by atomic mass is 10.2. The number of aliphatic hydroxyl groups is 1. The second-order valence-corrected chi connectivity index (χ2v) is 4.26. The Balaban J connectivity index is 2.03. The van der Waals surface area contributed by atoms with Gasteiger partial charge in [-0.1, -0.05) is 0 Å². The zero-order valence-electron chi connectivity index (χ0n) is 10.6. The summed E-state index contributed by atoms with van der Waals surface area (Å²) in [6, 6.07) is 4.95. The molecule has 1 unspecified atom stereocenters. The Morgan fingerprint density at radius 1 is 1.29 bits per heavy atom. The fraction of sp³-hybridized carbons (Fsp3) is 0.308. The Kier molecular flexibility index (Phi) is 4.23. The second kappa shape index (κ2) is 5.93. The molecule has 0 spiro atoms. The molecule has 1 atom stereocenters. The zero-order valence-corrected chi connectivity index (χ0v) is 10.6. The SMILES string of the molecule is N#Cc1ccc(-c2cnc(CCC(O)C(F)(F)F)o2)cn1. The fourth-order valence-electron chi connectivity index (χ4n) is 1.59. The van der Waals surface area contributed by atoms with E-state index in [1.54, 1.807) is 6.07 Å². The van der Waals surface area contributed by atoms with E-state index in [1.165, 1.54) is 18.5 Å². The number of aryl methyl sites for hydroxylation is 1. The molecule has 0 fully saturated rings. The zero-order chi connectivity index (χ0) is 15.5.